The number of hydrogen-bond acceptors (Lipinski definition) is 7. The number of esters is 2. The highest BCUT2D eigenvalue weighted by atomic mass is 16.5. The third-order valence-corrected chi connectivity index (χ3v) is 5.13. The molecule has 1 atom stereocenters. The third-order valence-electron chi connectivity index (χ3n) is 5.13. The molecular weight excluding hydrogens is 402 g/mol. The summed E-state index contributed by atoms with van der Waals surface area (Å²) in [4.78, 5) is 41.2. The lowest BCUT2D eigenvalue weighted by Gasteiger charge is -2.37. The van der Waals surface area contributed by atoms with Crippen molar-refractivity contribution in [3.8, 4) is 0 Å². The highest BCUT2D eigenvalue weighted by Gasteiger charge is 2.47. The van der Waals surface area contributed by atoms with Gasteiger partial charge in [0.25, 0.3) is 0 Å². The topological polar surface area (TPSA) is 148 Å². The summed E-state index contributed by atoms with van der Waals surface area (Å²) < 4.78 is 10.2. The fraction of sp³-hybridized carbons (Fsp3) is 0.286. The molecule has 0 radical (unpaired) electrons. The minimum atomic E-state index is -1.10. The van der Waals surface area contributed by atoms with E-state index in [1.54, 1.807) is 30.3 Å². The summed E-state index contributed by atoms with van der Waals surface area (Å²) in [5.41, 5.74) is 15.0. The van der Waals surface area contributed by atoms with Gasteiger partial charge in [0.1, 0.15) is 6.61 Å². The molecule has 2 N–H and O–H groups in total. The molecule has 1 heterocycles. The predicted molar refractivity (Wildman–Crippen MR) is 112 cm³/mol. The Kier molecular flexibility index (Phi) is 6.42. The van der Waals surface area contributed by atoms with Gasteiger partial charge in [0.2, 0.25) is 5.91 Å². The normalized spacial score (nSPS) is 17.7. The standard InChI is InChI=1S/C21H21N5O5/c1-30-19(28)15-7-8-17(16(22)11-15)26-18(27)9-10-21(26,12-24-25-23)13-31-20(29)14-5-3-2-4-6-14/h2-8,11H,9-10,12-13,22H2,1H3. The van der Waals surface area contributed by atoms with Crippen molar-refractivity contribution in [3.63, 3.8) is 0 Å². The average molecular weight is 423 g/mol. The van der Waals surface area contributed by atoms with Crippen LogP contribution in [-0.2, 0) is 14.3 Å². The zero-order valence-electron chi connectivity index (χ0n) is 16.9. The number of nitrogens with zero attached hydrogens (tertiary/aromatic N) is 4. The number of azide groups is 1. The number of methoxy groups -OCH3 is 1. The van der Waals surface area contributed by atoms with Crippen molar-refractivity contribution in [3.05, 3.63) is 70.1 Å². The Bertz CT molecular complexity index is 1050. The number of carbonyl (C=O) groups excluding carboxylic acids is 3. The second-order valence-electron chi connectivity index (χ2n) is 7.05. The van der Waals surface area contributed by atoms with E-state index in [1.807, 2.05) is 0 Å². The summed E-state index contributed by atoms with van der Waals surface area (Å²) in [5.74, 6) is -1.39. The highest BCUT2D eigenvalue weighted by Crippen LogP contribution is 2.39. The summed E-state index contributed by atoms with van der Waals surface area (Å²) in [6, 6.07) is 12.8. The van der Waals surface area contributed by atoms with E-state index in [9.17, 15) is 14.4 Å². The number of hydrogen-bond donors (Lipinski definition) is 1. The van der Waals surface area contributed by atoms with Crippen LogP contribution in [0.3, 0.4) is 0 Å². The molecule has 0 bridgehead atoms. The monoisotopic (exact) mass is 423 g/mol. The van der Waals surface area contributed by atoms with Crippen molar-refractivity contribution in [2.75, 3.05) is 30.9 Å². The van der Waals surface area contributed by atoms with E-state index < -0.39 is 17.5 Å². The largest absolute Gasteiger partial charge is 0.465 e. The second-order valence-corrected chi connectivity index (χ2v) is 7.05. The molecule has 1 aliphatic heterocycles. The number of nitrogen functional groups attached to an aromatic ring is 1. The molecule has 10 nitrogen and oxygen atoms in total. The highest BCUT2D eigenvalue weighted by molar-refractivity contribution is 6.01. The SMILES string of the molecule is COC(=O)c1ccc(N2C(=O)CCC2(CN=[N+]=[N-])COC(=O)c2ccccc2)c(N)c1. The average Bonchev–Trinajstić information content (AvgIpc) is 3.12. The van der Waals surface area contributed by atoms with Gasteiger partial charge < -0.3 is 20.1 Å². The van der Waals surface area contributed by atoms with Crippen LogP contribution in [0, 0.1) is 0 Å². The zero-order valence-corrected chi connectivity index (χ0v) is 16.9. The summed E-state index contributed by atoms with van der Waals surface area (Å²) in [6.45, 7) is -0.306. The molecule has 160 valence electrons. The minimum Gasteiger partial charge on any atom is -0.465 e. The predicted octanol–water partition coefficient (Wildman–Crippen LogP) is 3.09. The first-order chi connectivity index (χ1) is 14.9. The van der Waals surface area contributed by atoms with Gasteiger partial charge in [0, 0.05) is 11.3 Å². The van der Waals surface area contributed by atoms with Crippen LogP contribution in [0.25, 0.3) is 10.4 Å². The first kappa shape index (κ1) is 21.7. The summed E-state index contributed by atoms with van der Waals surface area (Å²) in [5, 5.41) is 3.66. The zero-order chi connectivity index (χ0) is 22.4. The van der Waals surface area contributed by atoms with E-state index in [0.29, 0.717) is 17.7 Å². The summed E-state index contributed by atoms with van der Waals surface area (Å²) in [6.07, 6.45) is 0.452. The van der Waals surface area contributed by atoms with Gasteiger partial charge in [-0.3, -0.25) is 4.79 Å². The quantitative estimate of drug-likeness (QED) is 0.238. The van der Waals surface area contributed by atoms with E-state index in [4.69, 9.17) is 20.7 Å². The number of amides is 1. The molecule has 0 saturated carbocycles. The van der Waals surface area contributed by atoms with Gasteiger partial charge in [-0.1, -0.05) is 23.3 Å². The lowest BCUT2D eigenvalue weighted by atomic mass is 9.96. The molecule has 1 unspecified atom stereocenters. The number of anilines is 2. The van der Waals surface area contributed by atoms with E-state index in [-0.39, 0.29) is 36.7 Å². The Balaban J connectivity index is 1.94. The second kappa shape index (κ2) is 9.19. The smallest absolute Gasteiger partial charge is 0.338 e. The van der Waals surface area contributed by atoms with E-state index >= 15 is 0 Å². The van der Waals surface area contributed by atoms with E-state index in [0.717, 1.165) is 0 Å². The van der Waals surface area contributed by atoms with Gasteiger partial charge in [0.15, 0.2) is 0 Å². The van der Waals surface area contributed by atoms with E-state index in [2.05, 4.69) is 10.0 Å². The van der Waals surface area contributed by atoms with Gasteiger partial charge in [-0.05, 0) is 42.3 Å². The minimum absolute atomic E-state index is 0.116. The Morgan fingerprint density at radius 3 is 2.58 bits per heavy atom. The van der Waals surface area contributed by atoms with Crippen LogP contribution in [0.15, 0.2) is 53.6 Å². The molecule has 1 fully saturated rings. The molecule has 2 aromatic carbocycles. The van der Waals surface area contributed by atoms with Crippen molar-refractivity contribution in [1.29, 1.82) is 0 Å². The van der Waals surface area contributed by atoms with Gasteiger partial charge >= 0.3 is 11.9 Å². The number of ether oxygens (including phenoxy) is 2. The van der Waals surface area contributed by atoms with Crippen LogP contribution >= 0.6 is 0 Å². The summed E-state index contributed by atoms with van der Waals surface area (Å²) >= 11 is 0. The molecule has 3 rings (SSSR count). The van der Waals surface area contributed by atoms with Gasteiger partial charge in [-0.25, -0.2) is 9.59 Å². The molecule has 0 spiro atoms. The van der Waals surface area contributed by atoms with Crippen molar-refractivity contribution in [1.82, 2.24) is 0 Å². The fourth-order valence-corrected chi connectivity index (χ4v) is 3.57. The molecule has 31 heavy (non-hydrogen) atoms. The lowest BCUT2D eigenvalue weighted by Crippen LogP contribution is -2.52. The fourth-order valence-electron chi connectivity index (χ4n) is 3.57. The molecule has 1 aliphatic rings. The first-order valence-electron chi connectivity index (χ1n) is 9.46. The Labute approximate surface area is 178 Å². The van der Waals surface area contributed by atoms with E-state index in [1.165, 1.54) is 30.2 Å². The van der Waals surface area contributed by atoms with Crippen LogP contribution in [0.5, 0.6) is 0 Å². The number of nitrogens with two attached hydrogens (primary N) is 1. The van der Waals surface area contributed by atoms with Crippen LogP contribution in [-0.4, -0.2) is 43.6 Å². The van der Waals surface area contributed by atoms with Crippen molar-refractivity contribution in [2.24, 2.45) is 5.11 Å². The Morgan fingerprint density at radius 1 is 1.19 bits per heavy atom. The molecule has 1 amide bonds. The molecule has 0 aliphatic carbocycles. The number of carbonyl (C=O) groups is 3. The first-order valence-corrected chi connectivity index (χ1v) is 9.46. The Morgan fingerprint density at radius 2 is 1.94 bits per heavy atom. The van der Waals surface area contributed by atoms with Gasteiger partial charge in [-0.2, -0.15) is 0 Å². The molecular formula is C21H21N5O5. The van der Waals surface area contributed by atoms with Crippen molar-refractivity contribution >= 4 is 29.2 Å². The molecule has 0 aromatic heterocycles. The molecule has 10 heteroatoms. The maximum Gasteiger partial charge on any atom is 0.338 e. The Hall–Kier alpha value is -4.04. The maximum absolute atomic E-state index is 12.8. The maximum atomic E-state index is 12.8. The summed E-state index contributed by atoms with van der Waals surface area (Å²) in [7, 11) is 1.25. The number of rotatable bonds is 7. The molecule has 2 aromatic rings. The van der Waals surface area contributed by atoms with Gasteiger partial charge in [0.05, 0.1) is 41.7 Å². The lowest BCUT2D eigenvalue weighted by molar-refractivity contribution is -0.117. The van der Waals surface area contributed by atoms with Crippen molar-refractivity contribution < 1.29 is 23.9 Å². The van der Waals surface area contributed by atoms with Crippen LogP contribution in [0.2, 0.25) is 0 Å². The van der Waals surface area contributed by atoms with Crippen molar-refractivity contribution in [2.45, 2.75) is 18.4 Å². The van der Waals surface area contributed by atoms with Crippen LogP contribution in [0.1, 0.15) is 33.6 Å². The van der Waals surface area contributed by atoms with Crippen LogP contribution < -0.4 is 10.6 Å². The van der Waals surface area contributed by atoms with Crippen LogP contribution in [0.4, 0.5) is 11.4 Å². The molecule has 1 saturated heterocycles. The third kappa shape index (κ3) is 4.44. The number of benzene rings is 2. The van der Waals surface area contributed by atoms with Gasteiger partial charge in [-0.15, -0.1) is 0 Å².